The Hall–Kier alpha value is -2.12. The van der Waals surface area contributed by atoms with Gasteiger partial charge in [0.1, 0.15) is 4.83 Å². The number of carbonyl (C=O) groups is 1. The van der Waals surface area contributed by atoms with Gasteiger partial charge in [-0.2, -0.15) is 0 Å². The molecule has 0 spiro atoms. The number of aryl methyl sites for hydroxylation is 3. The maximum atomic E-state index is 13.5. The molecule has 0 saturated carbocycles. The minimum atomic E-state index is -0.437. The van der Waals surface area contributed by atoms with Gasteiger partial charge in [0.15, 0.2) is 5.16 Å². The maximum absolute atomic E-state index is 13.5. The molecule has 3 aromatic rings. The lowest BCUT2D eigenvalue weighted by Crippen LogP contribution is -2.24. The summed E-state index contributed by atoms with van der Waals surface area (Å²) in [6.07, 6.45) is 0.781. The molecule has 0 unspecified atom stereocenters. The molecule has 0 fully saturated rings. The summed E-state index contributed by atoms with van der Waals surface area (Å²) in [4.78, 5) is 31.3. The molecule has 2 N–H and O–H groups in total. The Morgan fingerprint density at radius 1 is 1.31 bits per heavy atom. The third-order valence-corrected chi connectivity index (χ3v) is 6.51. The van der Waals surface area contributed by atoms with Gasteiger partial charge in [-0.3, -0.25) is 14.2 Å². The van der Waals surface area contributed by atoms with Crippen LogP contribution in [0, 0.1) is 20.8 Å². The van der Waals surface area contributed by atoms with Gasteiger partial charge in [0.2, 0.25) is 5.91 Å². The van der Waals surface area contributed by atoms with Crippen LogP contribution in [-0.4, -0.2) is 21.2 Å². The Kier molecular flexibility index (Phi) is 5.20. The van der Waals surface area contributed by atoms with Gasteiger partial charge in [-0.1, -0.05) is 30.8 Å². The Morgan fingerprint density at radius 3 is 2.69 bits per heavy atom. The molecule has 1 aromatic carbocycles. The largest absolute Gasteiger partial charge is 0.369 e. The van der Waals surface area contributed by atoms with E-state index in [1.165, 1.54) is 23.1 Å². The summed E-state index contributed by atoms with van der Waals surface area (Å²) in [7, 11) is 0. The third-order valence-electron chi connectivity index (χ3n) is 4.51. The number of rotatable bonds is 5. The van der Waals surface area contributed by atoms with Crippen LogP contribution >= 0.6 is 23.1 Å². The van der Waals surface area contributed by atoms with E-state index in [0.717, 1.165) is 38.5 Å². The number of aromatic nitrogens is 2. The summed E-state index contributed by atoms with van der Waals surface area (Å²) in [5.74, 6) is -0.359. The summed E-state index contributed by atoms with van der Waals surface area (Å²) in [6.45, 7) is 8.07. The highest BCUT2D eigenvalue weighted by atomic mass is 32.2. The van der Waals surface area contributed by atoms with E-state index in [1.54, 1.807) is 4.57 Å². The standard InChI is InChI=1S/C19H21N3O2S2/c1-5-13-12(4)26-17-16(13)18(24)22(19(21-17)25-9-15(20)23)14-8-6-7-10(2)11(14)3/h6-8H,5,9H2,1-4H3,(H2,20,23). The minimum absolute atomic E-state index is 0.0772. The quantitative estimate of drug-likeness (QED) is 0.537. The highest BCUT2D eigenvalue weighted by Gasteiger charge is 2.20. The maximum Gasteiger partial charge on any atom is 0.267 e. The van der Waals surface area contributed by atoms with E-state index in [9.17, 15) is 9.59 Å². The third kappa shape index (κ3) is 3.17. The van der Waals surface area contributed by atoms with Crippen molar-refractivity contribution in [3.63, 3.8) is 0 Å². The van der Waals surface area contributed by atoms with Gasteiger partial charge >= 0.3 is 0 Å². The zero-order valence-electron chi connectivity index (χ0n) is 15.3. The predicted molar refractivity (Wildman–Crippen MR) is 109 cm³/mol. The molecule has 1 amide bonds. The second-order valence-corrected chi connectivity index (χ2v) is 8.33. The van der Waals surface area contributed by atoms with Crippen molar-refractivity contribution >= 4 is 39.2 Å². The Balaban J connectivity index is 2.38. The van der Waals surface area contributed by atoms with Crippen LogP contribution in [-0.2, 0) is 11.2 Å². The number of amides is 1. The van der Waals surface area contributed by atoms with Gasteiger partial charge in [0.25, 0.3) is 5.56 Å². The lowest BCUT2D eigenvalue weighted by Gasteiger charge is -2.15. The number of fused-ring (bicyclic) bond motifs is 1. The Labute approximate surface area is 160 Å². The molecule has 3 rings (SSSR count). The lowest BCUT2D eigenvalue weighted by atomic mass is 10.1. The molecule has 2 aromatic heterocycles. The summed E-state index contributed by atoms with van der Waals surface area (Å²) in [5.41, 5.74) is 9.18. The molecule has 26 heavy (non-hydrogen) atoms. The van der Waals surface area contributed by atoms with Crippen molar-refractivity contribution in [1.82, 2.24) is 9.55 Å². The second kappa shape index (κ2) is 7.25. The van der Waals surface area contributed by atoms with Crippen LogP contribution in [0.3, 0.4) is 0 Å². The topological polar surface area (TPSA) is 78.0 Å². The summed E-state index contributed by atoms with van der Waals surface area (Å²) in [6, 6.07) is 5.85. The van der Waals surface area contributed by atoms with Crippen molar-refractivity contribution in [2.75, 3.05) is 5.75 Å². The van der Waals surface area contributed by atoms with Crippen molar-refractivity contribution < 1.29 is 4.79 Å². The number of carbonyl (C=O) groups excluding carboxylic acids is 1. The molecule has 5 nitrogen and oxygen atoms in total. The molecule has 0 atom stereocenters. The van der Waals surface area contributed by atoms with Crippen molar-refractivity contribution in [3.05, 3.63) is 50.1 Å². The smallest absolute Gasteiger partial charge is 0.267 e. The molecule has 0 radical (unpaired) electrons. The van der Waals surface area contributed by atoms with Crippen LogP contribution in [0.5, 0.6) is 0 Å². The van der Waals surface area contributed by atoms with Gasteiger partial charge in [0, 0.05) is 4.88 Å². The fraction of sp³-hybridized carbons (Fsp3) is 0.316. The number of thiophene rings is 1. The summed E-state index contributed by atoms with van der Waals surface area (Å²) >= 11 is 2.72. The molecule has 2 heterocycles. The van der Waals surface area contributed by atoms with Gasteiger partial charge in [-0.05, 0) is 49.9 Å². The fourth-order valence-corrected chi connectivity index (χ4v) is 4.95. The average molecular weight is 388 g/mol. The van der Waals surface area contributed by atoms with E-state index in [2.05, 4.69) is 0 Å². The zero-order valence-corrected chi connectivity index (χ0v) is 16.9. The fourth-order valence-electron chi connectivity index (χ4n) is 3.05. The van der Waals surface area contributed by atoms with Crippen molar-refractivity contribution in [2.45, 2.75) is 39.3 Å². The predicted octanol–water partition coefficient (Wildman–Crippen LogP) is 3.51. The average Bonchev–Trinajstić information content (AvgIpc) is 2.91. The normalized spacial score (nSPS) is 11.2. The van der Waals surface area contributed by atoms with Gasteiger partial charge in [-0.15, -0.1) is 11.3 Å². The minimum Gasteiger partial charge on any atom is -0.369 e. The monoisotopic (exact) mass is 387 g/mol. The van der Waals surface area contributed by atoms with Crippen LogP contribution in [0.2, 0.25) is 0 Å². The highest BCUT2D eigenvalue weighted by molar-refractivity contribution is 7.99. The number of thioether (sulfide) groups is 1. The molecule has 0 aliphatic rings. The van der Waals surface area contributed by atoms with Crippen LogP contribution < -0.4 is 11.3 Å². The molecule has 0 saturated heterocycles. The van der Waals surface area contributed by atoms with Crippen LogP contribution in [0.15, 0.2) is 28.2 Å². The molecule has 0 bridgehead atoms. The van der Waals surface area contributed by atoms with Crippen LogP contribution in [0.25, 0.3) is 15.9 Å². The molecule has 136 valence electrons. The number of benzene rings is 1. The number of primary amides is 1. The molecule has 7 heteroatoms. The second-order valence-electron chi connectivity index (χ2n) is 6.18. The van der Waals surface area contributed by atoms with E-state index >= 15 is 0 Å². The number of nitrogens with two attached hydrogens (primary N) is 1. The van der Waals surface area contributed by atoms with Gasteiger partial charge in [-0.25, -0.2) is 4.98 Å². The molecular formula is C19H21N3O2S2. The Morgan fingerprint density at radius 2 is 2.04 bits per heavy atom. The first kappa shape index (κ1) is 18.7. The zero-order chi connectivity index (χ0) is 19.0. The van der Waals surface area contributed by atoms with E-state index in [1.807, 2.05) is 45.9 Å². The Bertz CT molecular complexity index is 1070. The number of nitrogens with zero attached hydrogens (tertiary/aromatic N) is 2. The first-order chi connectivity index (χ1) is 12.3. The van der Waals surface area contributed by atoms with E-state index in [4.69, 9.17) is 10.7 Å². The van der Waals surface area contributed by atoms with E-state index in [0.29, 0.717) is 10.5 Å². The highest BCUT2D eigenvalue weighted by Crippen LogP contribution is 2.31. The van der Waals surface area contributed by atoms with Gasteiger partial charge in [0.05, 0.1) is 16.8 Å². The van der Waals surface area contributed by atoms with Crippen molar-refractivity contribution in [3.8, 4) is 5.69 Å². The first-order valence-electron chi connectivity index (χ1n) is 8.37. The SMILES string of the molecule is CCc1c(C)sc2nc(SCC(N)=O)n(-c3cccc(C)c3C)c(=O)c12. The summed E-state index contributed by atoms with van der Waals surface area (Å²) < 4.78 is 1.63. The van der Waals surface area contributed by atoms with Gasteiger partial charge < -0.3 is 5.73 Å². The van der Waals surface area contributed by atoms with E-state index < -0.39 is 5.91 Å². The van der Waals surface area contributed by atoms with Crippen molar-refractivity contribution in [1.29, 1.82) is 0 Å². The van der Waals surface area contributed by atoms with Crippen LogP contribution in [0.4, 0.5) is 0 Å². The molecular weight excluding hydrogens is 366 g/mol. The number of hydrogen-bond donors (Lipinski definition) is 1. The summed E-state index contributed by atoms with van der Waals surface area (Å²) in [5, 5.41) is 1.18. The lowest BCUT2D eigenvalue weighted by molar-refractivity contribution is -0.115. The number of hydrogen-bond acceptors (Lipinski definition) is 5. The van der Waals surface area contributed by atoms with Crippen molar-refractivity contribution in [2.24, 2.45) is 5.73 Å². The molecule has 0 aliphatic carbocycles. The first-order valence-corrected chi connectivity index (χ1v) is 10.2. The van der Waals surface area contributed by atoms with E-state index in [-0.39, 0.29) is 11.3 Å². The molecule has 0 aliphatic heterocycles. The van der Waals surface area contributed by atoms with Crippen LogP contribution in [0.1, 0.15) is 28.5 Å².